The number of thiocarbonyl (C=S) groups is 1. The van der Waals surface area contributed by atoms with Crippen LogP contribution >= 0.6 is 24.0 Å². The topological polar surface area (TPSA) is 37.8 Å². The number of thioether (sulfide) groups is 1. The highest BCUT2D eigenvalue weighted by molar-refractivity contribution is 8.22. The maximum Gasteiger partial charge on any atom is 0.161 e. The van der Waals surface area contributed by atoms with Gasteiger partial charge in [0.15, 0.2) is 11.5 Å². The smallest absolute Gasteiger partial charge is 0.161 e. The summed E-state index contributed by atoms with van der Waals surface area (Å²) >= 11 is 7.22. The fourth-order valence-corrected chi connectivity index (χ4v) is 3.79. The van der Waals surface area contributed by atoms with Crippen LogP contribution in [0, 0.1) is 0 Å². The van der Waals surface area contributed by atoms with Gasteiger partial charge in [0, 0.05) is 25.5 Å². The van der Waals surface area contributed by atoms with Crippen LogP contribution in [0.25, 0.3) is 0 Å². The molecule has 0 saturated carbocycles. The summed E-state index contributed by atoms with van der Waals surface area (Å²) in [6.07, 6.45) is 3.68. The Hall–Kier alpha value is -1.83. The fraction of sp³-hybridized carbons (Fsp3) is 0.333. The summed E-state index contributed by atoms with van der Waals surface area (Å²) in [5.41, 5.74) is 2.35. The zero-order valence-electron chi connectivity index (χ0n) is 14.3. The number of nitrogens with zero attached hydrogens (tertiary/aromatic N) is 3. The lowest BCUT2D eigenvalue weighted by molar-refractivity contribution is 0.200. The van der Waals surface area contributed by atoms with Gasteiger partial charge in [0.25, 0.3) is 0 Å². The van der Waals surface area contributed by atoms with Crippen molar-refractivity contribution in [3.63, 3.8) is 0 Å². The average Bonchev–Trinajstić information content (AvgIpc) is 2.65. The van der Waals surface area contributed by atoms with E-state index in [-0.39, 0.29) is 0 Å². The molecule has 25 heavy (non-hydrogen) atoms. The van der Waals surface area contributed by atoms with E-state index in [1.807, 2.05) is 24.4 Å². The van der Waals surface area contributed by atoms with Gasteiger partial charge in [0.2, 0.25) is 0 Å². The first-order chi connectivity index (χ1) is 12.2. The van der Waals surface area contributed by atoms with Gasteiger partial charge in [-0.2, -0.15) is 0 Å². The highest BCUT2D eigenvalue weighted by Crippen LogP contribution is 2.29. The number of hydrogen-bond donors (Lipinski definition) is 0. The van der Waals surface area contributed by atoms with Crippen molar-refractivity contribution in [2.75, 3.05) is 26.8 Å². The molecule has 1 aromatic carbocycles. The van der Waals surface area contributed by atoms with Gasteiger partial charge in [-0.15, -0.1) is 0 Å². The van der Waals surface area contributed by atoms with E-state index in [4.69, 9.17) is 21.7 Å². The van der Waals surface area contributed by atoms with Gasteiger partial charge in [0.1, 0.15) is 4.32 Å². The van der Waals surface area contributed by atoms with Gasteiger partial charge < -0.3 is 14.4 Å². The van der Waals surface area contributed by atoms with Gasteiger partial charge in [-0.3, -0.25) is 9.88 Å². The summed E-state index contributed by atoms with van der Waals surface area (Å²) in [5.74, 6) is 2.39. The normalized spacial score (nSPS) is 15.3. The standard InChI is InChI=1S/C18H21N3O2S2/c1-22-16-6-5-14(8-17(16)23-2)10-20-12-21(18(24)25-13-20)11-15-4-3-7-19-9-15/h3-9H,10-13H2,1-2H3. The molecule has 0 unspecified atom stereocenters. The lowest BCUT2D eigenvalue weighted by Gasteiger charge is -2.36. The fourth-order valence-electron chi connectivity index (χ4n) is 2.74. The number of hydrogen-bond acceptors (Lipinski definition) is 6. The Morgan fingerprint density at radius 1 is 1.12 bits per heavy atom. The summed E-state index contributed by atoms with van der Waals surface area (Å²) in [4.78, 5) is 8.75. The summed E-state index contributed by atoms with van der Waals surface area (Å²) in [7, 11) is 3.31. The van der Waals surface area contributed by atoms with Gasteiger partial charge in [-0.05, 0) is 29.3 Å². The minimum absolute atomic E-state index is 0.749. The first-order valence-corrected chi connectivity index (χ1v) is 9.33. The Morgan fingerprint density at radius 2 is 1.96 bits per heavy atom. The van der Waals surface area contributed by atoms with Crippen LogP contribution in [0.4, 0.5) is 0 Å². The third-order valence-electron chi connectivity index (χ3n) is 3.95. The van der Waals surface area contributed by atoms with Crippen molar-refractivity contribution in [1.29, 1.82) is 0 Å². The minimum Gasteiger partial charge on any atom is -0.493 e. The van der Waals surface area contributed by atoms with Crippen molar-refractivity contribution in [3.8, 4) is 11.5 Å². The molecule has 7 heteroatoms. The van der Waals surface area contributed by atoms with Crippen LogP contribution in [-0.4, -0.2) is 45.9 Å². The molecule has 0 radical (unpaired) electrons. The van der Waals surface area contributed by atoms with Crippen LogP contribution in [-0.2, 0) is 13.1 Å². The monoisotopic (exact) mass is 375 g/mol. The number of methoxy groups -OCH3 is 2. The van der Waals surface area contributed by atoms with Crippen LogP contribution in [0.3, 0.4) is 0 Å². The predicted octanol–water partition coefficient (Wildman–Crippen LogP) is 3.35. The number of rotatable bonds is 6. The third kappa shape index (κ3) is 4.62. The molecule has 1 saturated heterocycles. The van der Waals surface area contributed by atoms with Crippen LogP contribution < -0.4 is 9.47 Å². The van der Waals surface area contributed by atoms with Crippen LogP contribution in [0.1, 0.15) is 11.1 Å². The number of benzene rings is 1. The molecule has 132 valence electrons. The van der Waals surface area contributed by atoms with E-state index in [2.05, 4.69) is 26.9 Å². The number of ether oxygens (including phenoxy) is 2. The highest BCUT2D eigenvalue weighted by atomic mass is 32.2. The van der Waals surface area contributed by atoms with Crippen molar-refractivity contribution >= 4 is 28.3 Å². The van der Waals surface area contributed by atoms with Crippen LogP contribution in [0.15, 0.2) is 42.7 Å². The maximum absolute atomic E-state index is 5.52. The molecular weight excluding hydrogens is 354 g/mol. The van der Waals surface area contributed by atoms with E-state index in [9.17, 15) is 0 Å². The minimum atomic E-state index is 0.749. The molecule has 2 aromatic rings. The van der Waals surface area contributed by atoms with Gasteiger partial charge in [0.05, 0.1) is 26.8 Å². The SMILES string of the molecule is COc1ccc(CN2CSC(=S)N(Cc3cccnc3)C2)cc1OC. The molecule has 1 aromatic heterocycles. The van der Waals surface area contributed by atoms with Crippen molar-refractivity contribution in [1.82, 2.24) is 14.8 Å². The quantitative estimate of drug-likeness (QED) is 0.717. The van der Waals surface area contributed by atoms with Crippen LogP contribution in [0.2, 0.25) is 0 Å². The van der Waals surface area contributed by atoms with E-state index in [0.29, 0.717) is 0 Å². The van der Waals surface area contributed by atoms with E-state index in [1.165, 1.54) is 11.1 Å². The molecule has 3 rings (SSSR count). The van der Waals surface area contributed by atoms with Crippen molar-refractivity contribution < 1.29 is 9.47 Å². The van der Waals surface area contributed by atoms with E-state index >= 15 is 0 Å². The molecule has 1 fully saturated rings. The largest absolute Gasteiger partial charge is 0.493 e. The highest BCUT2D eigenvalue weighted by Gasteiger charge is 2.22. The molecular formula is C18H21N3O2S2. The Labute approximate surface area is 157 Å². The second-order valence-electron chi connectivity index (χ2n) is 5.76. The molecule has 0 aliphatic carbocycles. The molecule has 5 nitrogen and oxygen atoms in total. The average molecular weight is 376 g/mol. The molecule has 0 bridgehead atoms. The second-order valence-corrected chi connectivity index (χ2v) is 7.34. The molecule has 0 amide bonds. The maximum atomic E-state index is 5.52. The van der Waals surface area contributed by atoms with Crippen molar-refractivity contribution in [3.05, 3.63) is 53.9 Å². The van der Waals surface area contributed by atoms with E-state index in [0.717, 1.165) is 41.5 Å². The van der Waals surface area contributed by atoms with Gasteiger partial charge >= 0.3 is 0 Å². The number of pyridine rings is 1. The molecule has 0 atom stereocenters. The summed E-state index contributed by atoms with van der Waals surface area (Å²) in [6.45, 7) is 2.41. The molecule has 0 N–H and O–H groups in total. The summed E-state index contributed by atoms with van der Waals surface area (Å²) in [5, 5.41) is 0. The first kappa shape index (κ1) is 18.0. The molecule has 2 heterocycles. The van der Waals surface area contributed by atoms with Crippen LogP contribution in [0.5, 0.6) is 11.5 Å². The van der Waals surface area contributed by atoms with E-state index in [1.54, 1.807) is 32.2 Å². The lowest BCUT2D eigenvalue weighted by Crippen LogP contribution is -2.43. The summed E-state index contributed by atoms with van der Waals surface area (Å²) in [6, 6.07) is 10.1. The Kier molecular flexibility index (Phi) is 6.12. The predicted molar refractivity (Wildman–Crippen MR) is 105 cm³/mol. The molecule has 0 spiro atoms. The zero-order valence-corrected chi connectivity index (χ0v) is 16.0. The molecule has 1 aliphatic rings. The first-order valence-electron chi connectivity index (χ1n) is 7.93. The number of aromatic nitrogens is 1. The zero-order chi connectivity index (χ0) is 17.6. The van der Waals surface area contributed by atoms with Crippen molar-refractivity contribution in [2.24, 2.45) is 0 Å². The Balaban J connectivity index is 1.66. The Bertz CT molecular complexity index is 728. The Morgan fingerprint density at radius 3 is 2.68 bits per heavy atom. The lowest BCUT2D eigenvalue weighted by atomic mass is 10.2. The third-order valence-corrected chi connectivity index (χ3v) is 5.56. The second kappa shape index (κ2) is 8.51. The van der Waals surface area contributed by atoms with E-state index < -0.39 is 0 Å². The molecule has 1 aliphatic heterocycles. The van der Waals surface area contributed by atoms with Gasteiger partial charge in [-0.25, -0.2) is 0 Å². The van der Waals surface area contributed by atoms with Crippen molar-refractivity contribution in [2.45, 2.75) is 13.1 Å². The summed E-state index contributed by atoms with van der Waals surface area (Å²) < 4.78 is 11.6. The van der Waals surface area contributed by atoms with Gasteiger partial charge in [-0.1, -0.05) is 36.1 Å².